The second-order valence-electron chi connectivity index (χ2n) is 5.25. The van der Waals surface area contributed by atoms with Gasteiger partial charge in [-0.15, -0.1) is 0 Å². The largest absolute Gasteiger partial charge is 0.480 e. The Balaban J connectivity index is 2.71. The summed E-state index contributed by atoms with van der Waals surface area (Å²) in [6.45, 7) is 5.11. The van der Waals surface area contributed by atoms with Crippen molar-refractivity contribution in [3.63, 3.8) is 0 Å². The van der Waals surface area contributed by atoms with E-state index >= 15 is 0 Å². The number of urea groups is 1. The van der Waals surface area contributed by atoms with Gasteiger partial charge in [0.15, 0.2) is 0 Å². The summed E-state index contributed by atoms with van der Waals surface area (Å²) < 4.78 is 12.9. The molecule has 0 radical (unpaired) electrons. The van der Waals surface area contributed by atoms with Gasteiger partial charge in [0.1, 0.15) is 11.9 Å². The molecule has 1 aromatic carbocycles. The molecule has 0 aromatic heterocycles. The molecule has 6 heteroatoms. The van der Waals surface area contributed by atoms with Crippen LogP contribution in [-0.4, -0.2) is 23.1 Å². The highest BCUT2D eigenvalue weighted by molar-refractivity contribution is 5.92. The quantitative estimate of drug-likeness (QED) is 0.787. The van der Waals surface area contributed by atoms with Gasteiger partial charge < -0.3 is 15.7 Å². The molecule has 0 unspecified atom stereocenters. The number of hydrogen-bond acceptors (Lipinski definition) is 2. The van der Waals surface area contributed by atoms with Gasteiger partial charge in [-0.2, -0.15) is 0 Å². The average molecular weight is 268 g/mol. The number of anilines is 1. The smallest absolute Gasteiger partial charge is 0.326 e. The number of nitrogens with one attached hydrogen (secondary N) is 2. The molecule has 0 aliphatic rings. The molecule has 0 heterocycles. The van der Waals surface area contributed by atoms with Crippen LogP contribution >= 0.6 is 0 Å². The summed E-state index contributed by atoms with van der Waals surface area (Å²) in [6, 6.07) is 3.62. The monoisotopic (exact) mass is 268 g/mol. The molecule has 0 saturated heterocycles. The first-order valence-corrected chi connectivity index (χ1v) is 5.76. The zero-order valence-corrected chi connectivity index (χ0v) is 11.0. The van der Waals surface area contributed by atoms with Crippen molar-refractivity contribution >= 4 is 17.7 Å². The molecule has 0 saturated carbocycles. The van der Waals surface area contributed by atoms with Gasteiger partial charge in [-0.1, -0.05) is 26.8 Å². The molecule has 0 bridgehead atoms. The van der Waals surface area contributed by atoms with Crippen molar-refractivity contribution < 1.29 is 19.1 Å². The molecule has 3 N–H and O–H groups in total. The number of carbonyl (C=O) groups is 2. The minimum Gasteiger partial charge on any atom is -0.480 e. The molecule has 0 aliphatic carbocycles. The number of halogens is 1. The molecule has 2 amide bonds. The maximum Gasteiger partial charge on any atom is 0.326 e. The fraction of sp³-hybridized carbons (Fsp3) is 0.385. The third kappa shape index (κ3) is 4.57. The minimum atomic E-state index is -1.12. The molecule has 0 aliphatic heterocycles. The van der Waals surface area contributed by atoms with E-state index in [1.807, 2.05) is 0 Å². The highest BCUT2D eigenvalue weighted by Crippen LogP contribution is 2.19. The van der Waals surface area contributed by atoms with E-state index in [0.29, 0.717) is 0 Å². The Hall–Kier alpha value is -2.11. The second kappa shape index (κ2) is 5.69. The molecule has 19 heavy (non-hydrogen) atoms. The Bertz CT molecular complexity index is 483. The van der Waals surface area contributed by atoms with Crippen LogP contribution in [0.1, 0.15) is 20.8 Å². The number of carboxylic acids is 1. The Labute approximate surface area is 110 Å². The summed E-state index contributed by atoms with van der Waals surface area (Å²) in [5, 5.41) is 13.8. The topological polar surface area (TPSA) is 78.4 Å². The standard InChI is InChI=1S/C13H17FN2O3/c1-13(2,3)10(11(17)18)16-12(19)15-9-6-4-5-8(14)7-9/h4-7,10H,1-3H3,(H,17,18)(H2,15,16,19)/t10-/m0/s1. The third-order valence-corrected chi connectivity index (χ3v) is 2.47. The van der Waals surface area contributed by atoms with E-state index in [4.69, 9.17) is 5.11 Å². The molecule has 1 aromatic rings. The van der Waals surface area contributed by atoms with Crippen molar-refractivity contribution in [2.75, 3.05) is 5.32 Å². The van der Waals surface area contributed by atoms with E-state index in [1.165, 1.54) is 18.2 Å². The van der Waals surface area contributed by atoms with Crippen LogP contribution in [0.2, 0.25) is 0 Å². The minimum absolute atomic E-state index is 0.260. The lowest BCUT2D eigenvalue weighted by Gasteiger charge is -2.27. The molecular formula is C13H17FN2O3. The van der Waals surface area contributed by atoms with Gasteiger partial charge in [-0.25, -0.2) is 14.0 Å². The molecule has 104 valence electrons. The van der Waals surface area contributed by atoms with Gasteiger partial charge >= 0.3 is 12.0 Å². The van der Waals surface area contributed by atoms with Crippen LogP contribution < -0.4 is 10.6 Å². The summed E-state index contributed by atoms with van der Waals surface area (Å²) in [5.41, 5.74) is -0.374. The Morgan fingerprint density at radius 2 is 1.95 bits per heavy atom. The zero-order chi connectivity index (χ0) is 14.6. The van der Waals surface area contributed by atoms with Gasteiger partial charge in [-0.05, 0) is 23.6 Å². The molecule has 0 fully saturated rings. The predicted molar refractivity (Wildman–Crippen MR) is 69.4 cm³/mol. The number of carbonyl (C=O) groups excluding carboxylic acids is 1. The Morgan fingerprint density at radius 1 is 1.32 bits per heavy atom. The average Bonchev–Trinajstić information content (AvgIpc) is 2.24. The first kappa shape index (κ1) is 14.9. The maximum absolute atomic E-state index is 12.9. The van der Waals surface area contributed by atoms with Gasteiger partial charge in [0.25, 0.3) is 0 Å². The number of benzene rings is 1. The van der Waals surface area contributed by atoms with Crippen LogP contribution in [0, 0.1) is 11.2 Å². The second-order valence-corrected chi connectivity index (χ2v) is 5.25. The lowest BCUT2D eigenvalue weighted by atomic mass is 9.87. The summed E-state index contributed by atoms with van der Waals surface area (Å²) in [7, 11) is 0. The van der Waals surface area contributed by atoms with Crippen LogP contribution in [0.5, 0.6) is 0 Å². The van der Waals surface area contributed by atoms with E-state index < -0.39 is 29.3 Å². The molecule has 1 atom stereocenters. The van der Waals surface area contributed by atoms with Crippen molar-refractivity contribution in [1.29, 1.82) is 0 Å². The summed E-state index contributed by atoms with van der Waals surface area (Å²) in [4.78, 5) is 22.8. The molecule has 5 nitrogen and oxygen atoms in total. The number of hydrogen-bond donors (Lipinski definition) is 3. The van der Waals surface area contributed by atoms with Crippen molar-refractivity contribution in [3.8, 4) is 0 Å². The SMILES string of the molecule is CC(C)(C)[C@@H](NC(=O)Nc1cccc(F)c1)C(=O)O. The van der Waals surface area contributed by atoms with Crippen LogP contribution in [0.15, 0.2) is 24.3 Å². The van der Waals surface area contributed by atoms with E-state index in [1.54, 1.807) is 20.8 Å². The van der Waals surface area contributed by atoms with Crippen LogP contribution in [-0.2, 0) is 4.79 Å². The number of carboxylic acid groups (broad SMARTS) is 1. The van der Waals surface area contributed by atoms with Crippen LogP contribution in [0.4, 0.5) is 14.9 Å². The van der Waals surface area contributed by atoms with Crippen molar-refractivity contribution in [2.45, 2.75) is 26.8 Å². The lowest BCUT2D eigenvalue weighted by Crippen LogP contribution is -2.50. The number of amides is 2. The normalized spacial score (nSPS) is 12.6. The number of aliphatic carboxylic acids is 1. The third-order valence-electron chi connectivity index (χ3n) is 2.47. The van der Waals surface area contributed by atoms with Crippen molar-refractivity contribution in [2.24, 2.45) is 5.41 Å². The zero-order valence-electron chi connectivity index (χ0n) is 11.0. The van der Waals surface area contributed by atoms with Gasteiger partial charge in [0.2, 0.25) is 0 Å². The summed E-state index contributed by atoms with van der Waals surface area (Å²) >= 11 is 0. The van der Waals surface area contributed by atoms with E-state index in [9.17, 15) is 14.0 Å². The first-order valence-electron chi connectivity index (χ1n) is 5.76. The van der Waals surface area contributed by atoms with Crippen molar-refractivity contribution in [3.05, 3.63) is 30.1 Å². The highest BCUT2D eigenvalue weighted by atomic mass is 19.1. The fourth-order valence-corrected chi connectivity index (χ4v) is 1.51. The van der Waals surface area contributed by atoms with Gasteiger partial charge in [0.05, 0.1) is 0 Å². The lowest BCUT2D eigenvalue weighted by molar-refractivity contribution is -0.141. The van der Waals surface area contributed by atoms with E-state index in [-0.39, 0.29) is 5.69 Å². The number of rotatable bonds is 3. The van der Waals surface area contributed by atoms with E-state index in [0.717, 1.165) is 6.07 Å². The maximum atomic E-state index is 12.9. The molecular weight excluding hydrogens is 251 g/mol. The van der Waals surface area contributed by atoms with Gasteiger partial charge in [0, 0.05) is 5.69 Å². The van der Waals surface area contributed by atoms with Crippen LogP contribution in [0.25, 0.3) is 0 Å². The van der Waals surface area contributed by atoms with Crippen LogP contribution in [0.3, 0.4) is 0 Å². The fourth-order valence-electron chi connectivity index (χ4n) is 1.51. The molecule has 0 spiro atoms. The van der Waals surface area contributed by atoms with E-state index in [2.05, 4.69) is 10.6 Å². The highest BCUT2D eigenvalue weighted by Gasteiger charge is 2.32. The van der Waals surface area contributed by atoms with Crippen molar-refractivity contribution in [1.82, 2.24) is 5.32 Å². The summed E-state index contributed by atoms with van der Waals surface area (Å²) in [5.74, 6) is -1.61. The Morgan fingerprint density at radius 3 is 2.42 bits per heavy atom. The van der Waals surface area contributed by atoms with Gasteiger partial charge in [-0.3, -0.25) is 0 Å². The Kier molecular flexibility index (Phi) is 4.47. The molecule has 1 rings (SSSR count). The first-order chi connectivity index (χ1) is 8.70. The predicted octanol–water partition coefficient (Wildman–Crippen LogP) is 2.45. The summed E-state index contributed by atoms with van der Waals surface area (Å²) in [6.07, 6.45) is 0.